The van der Waals surface area contributed by atoms with Crippen molar-refractivity contribution in [2.75, 3.05) is 35.8 Å². The number of aromatic nitrogens is 1. The standard InChI is InChI=1S/C24H22ClN5O3S/c25-20-7-2-8-21(16-20)28-34(32,33)22-9-1-5-18(15-22)24(31)30-12-4-11-29(13-14-30)23-19(17-26)6-3-10-27-23/h1-3,5-10,15-16,28H,4,11-14H2. The van der Waals surface area contributed by atoms with Gasteiger partial charge >= 0.3 is 0 Å². The first-order valence-electron chi connectivity index (χ1n) is 10.7. The highest BCUT2D eigenvalue weighted by Gasteiger charge is 2.24. The predicted molar refractivity (Wildman–Crippen MR) is 130 cm³/mol. The minimum atomic E-state index is -3.90. The van der Waals surface area contributed by atoms with Gasteiger partial charge in [0.2, 0.25) is 0 Å². The molecule has 0 unspecified atom stereocenters. The van der Waals surface area contributed by atoms with Gasteiger partial charge in [-0.05, 0) is 55.0 Å². The summed E-state index contributed by atoms with van der Waals surface area (Å²) in [6.45, 7) is 2.12. The van der Waals surface area contributed by atoms with Gasteiger partial charge in [-0.1, -0.05) is 23.7 Å². The van der Waals surface area contributed by atoms with Crippen molar-refractivity contribution in [3.05, 3.63) is 83.0 Å². The molecule has 10 heteroatoms. The number of halogens is 1. The third-order valence-electron chi connectivity index (χ3n) is 5.46. The molecule has 2 heterocycles. The van der Waals surface area contributed by atoms with Crippen molar-refractivity contribution in [3.8, 4) is 6.07 Å². The highest BCUT2D eigenvalue weighted by Crippen LogP contribution is 2.22. The molecule has 2 aromatic carbocycles. The van der Waals surface area contributed by atoms with Gasteiger partial charge in [-0.25, -0.2) is 13.4 Å². The molecule has 4 rings (SSSR count). The second-order valence-corrected chi connectivity index (χ2v) is 9.88. The summed E-state index contributed by atoms with van der Waals surface area (Å²) < 4.78 is 28.2. The van der Waals surface area contributed by atoms with E-state index in [1.54, 1.807) is 53.6 Å². The van der Waals surface area contributed by atoms with Crippen LogP contribution >= 0.6 is 11.6 Å². The van der Waals surface area contributed by atoms with Crippen molar-refractivity contribution in [3.63, 3.8) is 0 Å². The minimum absolute atomic E-state index is 0.0121. The van der Waals surface area contributed by atoms with Crippen LogP contribution in [0.15, 0.2) is 71.8 Å². The Morgan fingerprint density at radius 1 is 1.03 bits per heavy atom. The summed E-state index contributed by atoms with van der Waals surface area (Å²) in [5, 5.41) is 9.77. The maximum absolute atomic E-state index is 13.2. The molecule has 0 radical (unpaired) electrons. The number of nitrogens with zero attached hydrogens (tertiary/aromatic N) is 4. The number of pyridine rings is 1. The van der Waals surface area contributed by atoms with Crippen molar-refractivity contribution in [1.29, 1.82) is 5.26 Å². The van der Waals surface area contributed by atoms with E-state index in [1.165, 1.54) is 18.2 Å². The van der Waals surface area contributed by atoms with Crippen LogP contribution in [-0.2, 0) is 10.0 Å². The summed E-state index contributed by atoms with van der Waals surface area (Å²) in [6.07, 6.45) is 2.34. The Hall–Kier alpha value is -3.61. The molecule has 1 amide bonds. The Bertz CT molecular complexity index is 1360. The predicted octanol–water partition coefficient (Wildman–Crippen LogP) is 3.76. The molecule has 1 aliphatic heterocycles. The van der Waals surface area contributed by atoms with Crippen LogP contribution in [0.2, 0.25) is 5.02 Å². The lowest BCUT2D eigenvalue weighted by Gasteiger charge is -2.23. The monoisotopic (exact) mass is 495 g/mol. The van der Waals surface area contributed by atoms with Crippen molar-refractivity contribution in [2.24, 2.45) is 0 Å². The summed E-state index contributed by atoms with van der Waals surface area (Å²) >= 11 is 5.94. The molecule has 1 N–H and O–H groups in total. The summed E-state index contributed by atoms with van der Waals surface area (Å²) in [7, 11) is -3.90. The van der Waals surface area contributed by atoms with E-state index < -0.39 is 10.0 Å². The molecule has 8 nitrogen and oxygen atoms in total. The number of nitrogens with one attached hydrogen (secondary N) is 1. The molecular formula is C24H22ClN5O3S. The molecule has 1 aromatic heterocycles. The molecule has 34 heavy (non-hydrogen) atoms. The van der Waals surface area contributed by atoms with Gasteiger partial charge in [0.25, 0.3) is 15.9 Å². The zero-order valence-corrected chi connectivity index (χ0v) is 19.8. The number of nitriles is 1. The number of anilines is 2. The van der Waals surface area contributed by atoms with Crippen LogP contribution in [0.3, 0.4) is 0 Å². The van der Waals surface area contributed by atoms with Gasteiger partial charge in [0.1, 0.15) is 11.9 Å². The fraction of sp³-hybridized carbons (Fsp3) is 0.208. The van der Waals surface area contributed by atoms with E-state index in [9.17, 15) is 18.5 Å². The third kappa shape index (κ3) is 5.30. The highest BCUT2D eigenvalue weighted by molar-refractivity contribution is 7.92. The number of sulfonamides is 1. The summed E-state index contributed by atoms with van der Waals surface area (Å²) in [6, 6.07) is 18.0. The molecule has 1 saturated heterocycles. The van der Waals surface area contributed by atoms with Gasteiger partial charge in [0.15, 0.2) is 0 Å². The Morgan fingerprint density at radius 2 is 1.85 bits per heavy atom. The number of carbonyl (C=O) groups is 1. The molecule has 174 valence electrons. The van der Waals surface area contributed by atoms with Crippen LogP contribution in [0.5, 0.6) is 0 Å². The molecular weight excluding hydrogens is 474 g/mol. The van der Waals surface area contributed by atoms with Crippen molar-refractivity contribution < 1.29 is 13.2 Å². The van der Waals surface area contributed by atoms with Gasteiger partial charge in [-0.2, -0.15) is 5.26 Å². The van der Waals surface area contributed by atoms with Crippen LogP contribution < -0.4 is 9.62 Å². The lowest BCUT2D eigenvalue weighted by Crippen LogP contribution is -2.35. The summed E-state index contributed by atoms with van der Waals surface area (Å²) in [5.41, 5.74) is 1.12. The normalized spacial score (nSPS) is 14.2. The molecule has 0 atom stereocenters. The summed E-state index contributed by atoms with van der Waals surface area (Å²) in [5.74, 6) is 0.364. The van der Waals surface area contributed by atoms with Gasteiger partial charge in [-0.3, -0.25) is 9.52 Å². The van der Waals surface area contributed by atoms with E-state index in [4.69, 9.17) is 11.6 Å². The van der Waals surface area contributed by atoms with Crippen molar-refractivity contribution >= 4 is 39.0 Å². The van der Waals surface area contributed by atoms with Gasteiger partial charge in [0, 0.05) is 43.0 Å². The number of amides is 1. The number of hydrogen-bond acceptors (Lipinski definition) is 6. The van der Waals surface area contributed by atoms with E-state index in [0.29, 0.717) is 54.7 Å². The minimum Gasteiger partial charge on any atom is -0.354 e. The maximum Gasteiger partial charge on any atom is 0.261 e. The first-order valence-corrected chi connectivity index (χ1v) is 12.5. The molecule has 0 spiro atoms. The topological polar surface area (TPSA) is 106 Å². The second kappa shape index (κ2) is 10.1. The van der Waals surface area contributed by atoms with E-state index in [-0.39, 0.29) is 16.4 Å². The molecule has 0 saturated carbocycles. The number of benzene rings is 2. The molecule has 0 aliphatic carbocycles. The largest absolute Gasteiger partial charge is 0.354 e. The van der Waals surface area contributed by atoms with Crippen molar-refractivity contribution in [2.45, 2.75) is 11.3 Å². The van der Waals surface area contributed by atoms with Crippen LogP contribution in [0.4, 0.5) is 11.5 Å². The zero-order chi connectivity index (χ0) is 24.1. The van der Waals surface area contributed by atoms with E-state index >= 15 is 0 Å². The van der Waals surface area contributed by atoms with Gasteiger partial charge in [-0.15, -0.1) is 0 Å². The first kappa shape index (κ1) is 23.5. The lowest BCUT2D eigenvalue weighted by atomic mass is 10.2. The van der Waals surface area contributed by atoms with Crippen LogP contribution in [0, 0.1) is 11.3 Å². The molecule has 1 fully saturated rings. The third-order valence-corrected chi connectivity index (χ3v) is 7.07. The van der Waals surface area contributed by atoms with Crippen molar-refractivity contribution in [1.82, 2.24) is 9.88 Å². The number of hydrogen-bond donors (Lipinski definition) is 1. The quantitative estimate of drug-likeness (QED) is 0.577. The average Bonchev–Trinajstić information content (AvgIpc) is 3.10. The SMILES string of the molecule is N#Cc1cccnc1N1CCCN(C(=O)c2cccc(S(=O)(=O)Nc3cccc(Cl)c3)c2)CC1. The lowest BCUT2D eigenvalue weighted by molar-refractivity contribution is 0.0766. The second-order valence-electron chi connectivity index (χ2n) is 7.76. The van der Waals surface area contributed by atoms with Crippen LogP contribution in [-0.4, -0.2) is 50.4 Å². The van der Waals surface area contributed by atoms with Crippen LogP contribution in [0.25, 0.3) is 0 Å². The fourth-order valence-electron chi connectivity index (χ4n) is 3.81. The smallest absolute Gasteiger partial charge is 0.261 e. The van der Waals surface area contributed by atoms with Crippen LogP contribution in [0.1, 0.15) is 22.3 Å². The highest BCUT2D eigenvalue weighted by atomic mass is 35.5. The molecule has 0 bridgehead atoms. The fourth-order valence-corrected chi connectivity index (χ4v) is 5.10. The van der Waals surface area contributed by atoms with Gasteiger partial charge in [0.05, 0.1) is 16.1 Å². The molecule has 3 aromatic rings. The number of rotatable bonds is 5. The molecule has 1 aliphatic rings. The Balaban J connectivity index is 1.49. The summed E-state index contributed by atoms with van der Waals surface area (Å²) in [4.78, 5) is 21.2. The van der Waals surface area contributed by atoms with E-state index in [2.05, 4.69) is 15.8 Å². The Kier molecular flexibility index (Phi) is 7.01. The zero-order valence-electron chi connectivity index (χ0n) is 18.2. The van der Waals surface area contributed by atoms with E-state index in [1.807, 2.05) is 4.90 Å². The average molecular weight is 496 g/mol. The Labute approximate surface area is 203 Å². The maximum atomic E-state index is 13.2. The Morgan fingerprint density at radius 3 is 2.65 bits per heavy atom. The first-order chi connectivity index (χ1) is 16.4. The number of carbonyl (C=O) groups excluding carboxylic acids is 1. The van der Waals surface area contributed by atoms with Gasteiger partial charge < -0.3 is 9.80 Å². The van der Waals surface area contributed by atoms with E-state index in [0.717, 1.165) is 0 Å².